The Morgan fingerprint density at radius 2 is 1.36 bits per heavy atom. The first kappa shape index (κ1) is 22.3. The van der Waals surface area contributed by atoms with Crippen molar-refractivity contribution < 1.29 is 4.74 Å². The second-order valence-electron chi connectivity index (χ2n) is 10.4. The normalized spacial score (nSPS) is 24.8. The van der Waals surface area contributed by atoms with Gasteiger partial charge in [-0.1, -0.05) is 92.9 Å². The molecule has 0 spiro atoms. The van der Waals surface area contributed by atoms with Gasteiger partial charge in [0, 0.05) is 0 Å². The summed E-state index contributed by atoms with van der Waals surface area (Å²) in [5, 5.41) is 0. The highest BCUT2D eigenvalue weighted by atomic mass is 16.5. The Labute approximate surface area is 200 Å². The van der Waals surface area contributed by atoms with Gasteiger partial charge in [0.15, 0.2) is 0 Å². The second kappa shape index (κ2) is 10.6. The lowest BCUT2D eigenvalue weighted by molar-refractivity contribution is 0.114. The fourth-order valence-electron chi connectivity index (χ4n) is 6.39. The van der Waals surface area contributed by atoms with Crippen molar-refractivity contribution in [2.45, 2.75) is 70.8 Å². The van der Waals surface area contributed by atoms with Crippen molar-refractivity contribution in [2.24, 2.45) is 17.8 Å². The molecule has 0 amide bonds. The third kappa shape index (κ3) is 5.52. The molecule has 2 aliphatic rings. The summed E-state index contributed by atoms with van der Waals surface area (Å²) in [6.07, 6.45) is 11.5. The predicted molar refractivity (Wildman–Crippen MR) is 138 cm³/mol. The van der Waals surface area contributed by atoms with Crippen LogP contribution in [0.5, 0.6) is 5.75 Å². The van der Waals surface area contributed by atoms with Crippen molar-refractivity contribution in [3.8, 4) is 16.9 Å². The van der Waals surface area contributed by atoms with Crippen LogP contribution < -0.4 is 4.74 Å². The maximum absolute atomic E-state index is 5.94. The Balaban J connectivity index is 1.17. The van der Waals surface area contributed by atoms with E-state index >= 15 is 0 Å². The van der Waals surface area contributed by atoms with E-state index in [-0.39, 0.29) is 0 Å². The SMILES string of the molecule is CCCC1CCC2CC(c3ccc(-c4ccc(OCc5ccccc5)cc4)cc3)CCC2C1. The quantitative estimate of drug-likeness (QED) is 0.357. The summed E-state index contributed by atoms with van der Waals surface area (Å²) in [6, 6.07) is 28.3. The summed E-state index contributed by atoms with van der Waals surface area (Å²) in [5.74, 6) is 4.68. The molecule has 1 nitrogen and oxygen atoms in total. The van der Waals surface area contributed by atoms with E-state index in [1.54, 1.807) is 5.56 Å². The van der Waals surface area contributed by atoms with Gasteiger partial charge >= 0.3 is 0 Å². The van der Waals surface area contributed by atoms with Gasteiger partial charge in [-0.15, -0.1) is 0 Å². The molecule has 172 valence electrons. The Morgan fingerprint density at radius 1 is 0.697 bits per heavy atom. The van der Waals surface area contributed by atoms with Crippen LogP contribution in [0.15, 0.2) is 78.9 Å². The minimum absolute atomic E-state index is 0.609. The van der Waals surface area contributed by atoms with E-state index < -0.39 is 0 Å². The smallest absolute Gasteiger partial charge is 0.119 e. The second-order valence-corrected chi connectivity index (χ2v) is 10.4. The predicted octanol–water partition coefficient (Wildman–Crippen LogP) is 9.03. The van der Waals surface area contributed by atoms with Gasteiger partial charge in [0.25, 0.3) is 0 Å². The summed E-state index contributed by atoms with van der Waals surface area (Å²) in [4.78, 5) is 0. The molecule has 2 saturated carbocycles. The molecule has 3 aromatic rings. The van der Waals surface area contributed by atoms with Crippen molar-refractivity contribution in [1.29, 1.82) is 0 Å². The lowest BCUT2D eigenvalue weighted by Gasteiger charge is -2.42. The standard InChI is InChI=1S/C32H38O/c1-2-6-24-9-10-31-22-30(16-15-29(31)21-24)28-13-11-26(12-14-28)27-17-19-32(20-18-27)33-23-25-7-4-3-5-8-25/h3-5,7-8,11-14,17-20,24,29-31H,2,6,9-10,15-16,21-23H2,1H3. The van der Waals surface area contributed by atoms with Crippen LogP contribution in [0.25, 0.3) is 11.1 Å². The summed E-state index contributed by atoms with van der Waals surface area (Å²) in [5.41, 5.74) is 5.30. The number of benzene rings is 3. The molecule has 2 fully saturated rings. The minimum Gasteiger partial charge on any atom is -0.489 e. The maximum atomic E-state index is 5.94. The summed E-state index contributed by atoms with van der Waals surface area (Å²) in [6.45, 7) is 2.96. The monoisotopic (exact) mass is 438 g/mol. The van der Waals surface area contributed by atoms with Crippen molar-refractivity contribution in [3.05, 3.63) is 90.0 Å². The molecular formula is C32H38O. The van der Waals surface area contributed by atoms with Gasteiger partial charge in [0.2, 0.25) is 0 Å². The number of hydrogen-bond donors (Lipinski definition) is 0. The van der Waals surface area contributed by atoms with Crippen LogP contribution >= 0.6 is 0 Å². The van der Waals surface area contributed by atoms with E-state index in [2.05, 4.69) is 79.7 Å². The molecule has 0 saturated heterocycles. The Morgan fingerprint density at radius 3 is 2.09 bits per heavy atom. The first-order valence-corrected chi connectivity index (χ1v) is 13.2. The van der Waals surface area contributed by atoms with Crippen LogP contribution in [0.3, 0.4) is 0 Å². The van der Waals surface area contributed by atoms with Crippen molar-refractivity contribution in [3.63, 3.8) is 0 Å². The molecule has 4 atom stereocenters. The zero-order valence-electron chi connectivity index (χ0n) is 20.1. The Hall–Kier alpha value is -2.54. The Kier molecular flexibility index (Phi) is 7.15. The molecule has 0 N–H and O–H groups in total. The molecule has 1 heteroatoms. The van der Waals surface area contributed by atoms with E-state index in [4.69, 9.17) is 4.74 Å². The first-order chi connectivity index (χ1) is 16.3. The molecule has 2 aliphatic carbocycles. The van der Waals surface area contributed by atoms with Gasteiger partial charge < -0.3 is 4.74 Å². The highest BCUT2D eigenvalue weighted by Crippen LogP contribution is 2.48. The fourth-order valence-corrected chi connectivity index (χ4v) is 6.39. The van der Waals surface area contributed by atoms with Crippen LogP contribution in [0.1, 0.15) is 75.3 Å². The van der Waals surface area contributed by atoms with E-state index in [0.29, 0.717) is 6.61 Å². The number of hydrogen-bond acceptors (Lipinski definition) is 1. The molecule has 5 rings (SSSR count). The Bertz CT molecular complexity index is 989. The largest absolute Gasteiger partial charge is 0.489 e. The van der Waals surface area contributed by atoms with Crippen LogP contribution in [0, 0.1) is 17.8 Å². The molecule has 3 aromatic carbocycles. The van der Waals surface area contributed by atoms with E-state index in [1.807, 2.05) is 6.07 Å². The third-order valence-corrected chi connectivity index (χ3v) is 8.24. The zero-order chi connectivity index (χ0) is 22.5. The number of rotatable bonds is 7. The summed E-state index contributed by atoms with van der Waals surface area (Å²) < 4.78 is 5.94. The average molecular weight is 439 g/mol. The highest BCUT2D eigenvalue weighted by Gasteiger charge is 2.35. The van der Waals surface area contributed by atoms with Gasteiger partial charge in [-0.3, -0.25) is 0 Å². The summed E-state index contributed by atoms with van der Waals surface area (Å²) >= 11 is 0. The van der Waals surface area contributed by atoms with Crippen LogP contribution in [0.4, 0.5) is 0 Å². The molecule has 0 aliphatic heterocycles. The van der Waals surface area contributed by atoms with Crippen molar-refractivity contribution in [2.75, 3.05) is 0 Å². The van der Waals surface area contributed by atoms with E-state index in [9.17, 15) is 0 Å². The lowest BCUT2D eigenvalue weighted by Crippen LogP contribution is -2.30. The fraction of sp³-hybridized carbons (Fsp3) is 0.438. The van der Waals surface area contributed by atoms with Gasteiger partial charge in [0.05, 0.1) is 0 Å². The van der Waals surface area contributed by atoms with Crippen LogP contribution in [-0.4, -0.2) is 0 Å². The number of fused-ring (bicyclic) bond motifs is 1. The van der Waals surface area contributed by atoms with Gasteiger partial charge in [-0.05, 0) is 90.2 Å². The first-order valence-electron chi connectivity index (χ1n) is 13.2. The average Bonchev–Trinajstić information content (AvgIpc) is 2.88. The highest BCUT2D eigenvalue weighted by molar-refractivity contribution is 5.64. The van der Waals surface area contributed by atoms with Crippen LogP contribution in [-0.2, 0) is 6.61 Å². The topological polar surface area (TPSA) is 9.23 Å². The van der Waals surface area contributed by atoms with Gasteiger partial charge in [-0.2, -0.15) is 0 Å². The molecule has 33 heavy (non-hydrogen) atoms. The van der Waals surface area contributed by atoms with Crippen molar-refractivity contribution in [1.82, 2.24) is 0 Å². The zero-order valence-corrected chi connectivity index (χ0v) is 20.1. The lowest BCUT2D eigenvalue weighted by atomic mass is 9.63. The van der Waals surface area contributed by atoms with E-state index in [0.717, 1.165) is 29.4 Å². The molecule has 4 unspecified atom stereocenters. The molecular weight excluding hydrogens is 400 g/mol. The number of ether oxygens (including phenoxy) is 1. The summed E-state index contributed by atoms with van der Waals surface area (Å²) in [7, 11) is 0. The van der Waals surface area contributed by atoms with Crippen LogP contribution in [0.2, 0.25) is 0 Å². The van der Waals surface area contributed by atoms with Gasteiger partial charge in [0.1, 0.15) is 12.4 Å². The minimum atomic E-state index is 0.609. The molecule has 0 bridgehead atoms. The van der Waals surface area contributed by atoms with E-state index in [1.165, 1.54) is 68.1 Å². The molecule has 0 aromatic heterocycles. The van der Waals surface area contributed by atoms with Crippen molar-refractivity contribution >= 4 is 0 Å². The molecule has 0 heterocycles. The third-order valence-electron chi connectivity index (χ3n) is 8.24. The maximum Gasteiger partial charge on any atom is 0.119 e. The molecule has 0 radical (unpaired) electrons. The van der Waals surface area contributed by atoms with Gasteiger partial charge in [-0.25, -0.2) is 0 Å².